The van der Waals surface area contributed by atoms with E-state index in [-0.39, 0.29) is 42.6 Å². The zero-order chi connectivity index (χ0) is 26.8. The predicted octanol–water partition coefficient (Wildman–Crippen LogP) is 3.73. The summed E-state index contributed by atoms with van der Waals surface area (Å²) in [5.41, 5.74) is 5.48. The van der Waals surface area contributed by atoms with Gasteiger partial charge < -0.3 is 24.7 Å². The molecule has 9 heteroatoms. The van der Waals surface area contributed by atoms with E-state index in [9.17, 15) is 19.2 Å². The van der Waals surface area contributed by atoms with Crippen LogP contribution in [-0.4, -0.2) is 42.6 Å². The minimum Gasteiger partial charge on any atom is -0.468 e. The zero-order valence-corrected chi connectivity index (χ0v) is 21.8. The van der Waals surface area contributed by atoms with Crippen LogP contribution in [0.25, 0.3) is 0 Å². The highest BCUT2D eigenvalue weighted by Gasteiger charge is 2.38. The molecule has 9 nitrogen and oxygen atoms in total. The van der Waals surface area contributed by atoms with E-state index in [1.54, 1.807) is 40.7 Å². The van der Waals surface area contributed by atoms with Crippen molar-refractivity contribution >= 4 is 23.9 Å². The lowest BCUT2D eigenvalue weighted by Gasteiger charge is -2.29. The largest absolute Gasteiger partial charge is 0.468 e. The maximum Gasteiger partial charge on any atom is 0.326 e. The number of carbonyl (C=O) groups excluding carboxylic acids is 4. The van der Waals surface area contributed by atoms with Gasteiger partial charge in [0.25, 0.3) is 0 Å². The van der Waals surface area contributed by atoms with Crippen molar-refractivity contribution in [2.75, 3.05) is 7.11 Å². The summed E-state index contributed by atoms with van der Waals surface area (Å²) >= 11 is 0. The van der Waals surface area contributed by atoms with E-state index in [2.05, 4.69) is 0 Å². The molecule has 0 aliphatic rings. The molecule has 0 aliphatic heterocycles. The fourth-order valence-electron chi connectivity index (χ4n) is 3.23. The standard InChI is InChI=1S/C26H39NO8/c1-8-9-10-22(28)33-18(6)14-26(27,25(31)32-7)15-19-11-12-20(34-23(29)16(2)3)21(13-19)35-24(30)17(4)5/h11-13,16-18H,8-10,14-15,27H2,1-7H3/t18-,26?/m0/s1. The number of benzene rings is 1. The molecule has 196 valence electrons. The third kappa shape index (κ3) is 9.68. The molecule has 0 aliphatic carbocycles. The van der Waals surface area contributed by atoms with Crippen molar-refractivity contribution < 1.29 is 38.1 Å². The fourth-order valence-corrected chi connectivity index (χ4v) is 3.23. The van der Waals surface area contributed by atoms with Gasteiger partial charge in [0, 0.05) is 19.3 Å². The smallest absolute Gasteiger partial charge is 0.326 e. The van der Waals surface area contributed by atoms with Gasteiger partial charge in [0.1, 0.15) is 11.6 Å². The van der Waals surface area contributed by atoms with E-state index in [0.29, 0.717) is 12.0 Å². The first-order valence-corrected chi connectivity index (χ1v) is 12.0. The van der Waals surface area contributed by atoms with Crippen LogP contribution in [0.2, 0.25) is 0 Å². The summed E-state index contributed by atoms with van der Waals surface area (Å²) in [6.07, 6.45) is 1.25. The van der Waals surface area contributed by atoms with Crippen molar-refractivity contribution in [3.05, 3.63) is 23.8 Å². The fraction of sp³-hybridized carbons (Fsp3) is 0.615. The van der Waals surface area contributed by atoms with Crippen LogP contribution in [0.5, 0.6) is 11.5 Å². The lowest BCUT2D eigenvalue weighted by Crippen LogP contribution is -2.53. The molecule has 0 saturated carbocycles. The number of ether oxygens (including phenoxy) is 4. The van der Waals surface area contributed by atoms with Crippen molar-refractivity contribution in [1.29, 1.82) is 0 Å². The van der Waals surface area contributed by atoms with Gasteiger partial charge >= 0.3 is 23.9 Å². The molecule has 1 rings (SSSR count). The van der Waals surface area contributed by atoms with Crippen molar-refractivity contribution in [2.45, 2.75) is 85.3 Å². The van der Waals surface area contributed by atoms with Crippen LogP contribution < -0.4 is 15.2 Å². The normalized spacial score (nSPS) is 13.7. The average molecular weight is 494 g/mol. The molecule has 0 bridgehead atoms. The first-order chi connectivity index (χ1) is 16.3. The first-order valence-electron chi connectivity index (χ1n) is 12.0. The van der Waals surface area contributed by atoms with Gasteiger partial charge in [-0.15, -0.1) is 0 Å². The lowest BCUT2D eigenvalue weighted by molar-refractivity contribution is -0.155. The Morgan fingerprint density at radius 2 is 1.51 bits per heavy atom. The summed E-state index contributed by atoms with van der Waals surface area (Å²) in [7, 11) is 1.23. The highest BCUT2D eigenvalue weighted by atomic mass is 16.6. The van der Waals surface area contributed by atoms with Crippen LogP contribution in [0.15, 0.2) is 18.2 Å². The molecule has 0 aromatic heterocycles. The molecule has 1 aromatic rings. The summed E-state index contributed by atoms with van der Waals surface area (Å²) in [6.45, 7) is 10.4. The maximum atomic E-state index is 12.6. The minimum absolute atomic E-state index is 0.00115. The van der Waals surface area contributed by atoms with Crippen LogP contribution in [0.4, 0.5) is 0 Å². The van der Waals surface area contributed by atoms with Crippen LogP contribution in [0.1, 0.15) is 72.8 Å². The van der Waals surface area contributed by atoms with Gasteiger partial charge in [-0.25, -0.2) is 0 Å². The second kappa shape index (κ2) is 13.8. The SMILES string of the molecule is CCCCC(=O)O[C@@H](C)CC(N)(Cc1ccc(OC(=O)C(C)C)c(OC(=O)C(C)C)c1)C(=O)OC. The Kier molecular flexibility index (Phi) is 11.9. The molecule has 0 fully saturated rings. The van der Waals surface area contributed by atoms with Gasteiger partial charge in [-0.1, -0.05) is 47.1 Å². The molecule has 35 heavy (non-hydrogen) atoms. The number of esters is 4. The molecule has 0 amide bonds. The molecular weight excluding hydrogens is 454 g/mol. The number of carbonyl (C=O) groups is 4. The second-order valence-corrected chi connectivity index (χ2v) is 9.37. The first kappa shape index (κ1) is 30.1. The van der Waals surface area contributed by atoms with E-state index in [1.807, 2.05) is 6.92 Å². The summed E-state index contributed by atoms with van der Waals surface area (Å²) in [4.78, 5) is 49.0. The number of hydrogen-bond acceptors (Lipinski definition) is 9. The van der Waals surface area contributed by atoms with Crippen molar-refractivity contribution in [3.8, 4) is 11.5 Å². The molecule has 2 N–H and O–H groups in total. The Morgan fingerprint density at radius 1 is 0.943 bits per heavy atom. The van der Waals surface area contributed by atoms with Gasteiger partial charge in [-0.2, -0.15) is 0 Å². The van der Waals surface area contributed by atoms with Crippen LogP contribution in [0.3, 0.4) is 0 Å². The highest BCUT2D eigenvalue weighted by Crippen LogP contribution is 2.32. The minimum atomic E-state index is -1.52. The number of unbranched alkanes of at least 4 members (excludes halogenated alkanes) is 1. The molecule has 0 radical (unpaired) electrons. The maximum absolute atomic E-state index is 12.6. The number of nitrogens with two attached hydrogens (primary N) is 1. The summed E-state index contributed by atoms with van der Waals surface area (Å²) in [6, 6.07) is 4.62. The Labute approximate surface area is 207 Å². The molecule has 0 heterocycles. The molecule has 2 atom stereocenters. The van der Waals surface area contributed by atoms with Gasteiger partial charge in [0.15, 0.2) is 11.5 Å². The molecule has 1 unspecified atom stereocenters. The highest BCUT2D eigenvalue weighted by molar-refractivity contribution is 5.81. The van der Waals surface area contributed by atoms with E-state index in [0.717, 1.165) is 6.42 Å². The number of rotatable bonds is 13. The Balaban J connectivity index is 3.22. The Bertz CT molecular complexity index is 895. The van der Waals surface area contributed by atoms with Crippen LogP contribution >= 0.6 is 0 Å². The van der Waals surface area contributed by atoms with E-state index in [4.69, 9.17) is 24.7 Å². The third-order valence-electron chi connectivity index (χ3n) is 5.20. The van der Waals surface area contributed by atoms with Crippen LogP contribution in [0, 0.1) is 11.8 Å². The number of methoxy groups -OCH3 is 1. The van der Waals surface area contributed by atoms with Gasteiger partial charge in [0.05, 0.1) is 18.9 Å². The van der Waals surface area contributed by atoms with E-state index < -0.39 is 35.5 Å². The summed E-state index contributed by atoms with van der Waals surface area (Å²) in [5.74, 6) is -2.71. The topological polar surface area (TPSA) is 131 Å². The monoisotopic (exact) mass is 493 g/mol. The van der Waals surface area contributed by atoms with Crippen molar-refractivity contribution in [1.82, 2.24) is 0 Å². The van der Waals surface area contributed by atoms with Crippen molar-refractivity contribution in [2.24, 2.45) is 17.6 Å². The molecule has 0 saturated heterocycles. The van der Waals surface area contributed by atoms with Crippen molar-refractivity contribution in [3.63, 3.8) is 0 Å². The Hall–Kier alpha value is -2.94. The third-order valence-corrected chi connectivity index (χ3v) is 5.20. The Morgan fingerprint density at radius 3 is 2.03 bits per heavy atom. The molecular formula is C26H39NO8. The average Bonchev–Trinajstić information content (AvgIpc) is 2.78. The zero-order valence-electron chi connectivity index (χ0n) is 21.8. The quantitative estimate of drug-likeness (QED) is 0.322. The van der Waals surface area contributed by atoms with Gasteiger partial charge in [-0.3, -0.25) is 19.2 Å². The lowest BCUT2D eigenvalue weighted by atomic mass is 9.86. The molecule has 1 aromatic carbocycles. The summed E-state index contributed by atoms with van der Waals surface area (Å²) in [5, 5.41) is 0. The van der Waals surface area contributed by atoms with E-state index >= 15 is 0 Å². The predicted molar refractivity (Wildman–Crippen MR) is 130 cm³/mol. The van der Waals surface area contributed by atoms with Crippen LogP contribution in [-0.2, 0) is 35.1 Å². The van der Waals surface area contributed by atoms with Gasteiger partial charge in [-0.05, 0) is 31.0 Å². The second-order valence-electron chi connectivity index (χ2n) is 9.37. The van der Waals surface area contributed by atoms with Gasteiger partial charge in [0.2, 0.25) is 0 Å². The number of hydrogen-bond donors (Lipinski definition) is 1. The summed E-state index contributed by atoms with van der Waals surface area (Å²) < 4.78 is 21.2. The van der Waals surface area contributed by atoms with E-state index in [1.165, 1.54) is 19.2 Å². The molecule has 0 spiro atoms.